The van der Waals surface area contributed by atoms with E-state index in [-0.39, 0.29) is 25.6 Å². The number of nitrogens with two attached hydrogens (primary N) is 1. The van der Waals surface area contributed by atoms with Crippen molar-refractivity contribution in [3.63, 3.8) is 0 Å². The molecule has 0 spiro atoms. The molecule has 2 aliphatic rings. The van der Waals surface area contributed by atoms with Crippen molar-refractivity contribution >= 4 is 34.8 Å². The second-order valence-electron chi connectivity index (χ2n) is 8.39. The van der Waals surface area contributed by atoms with Gasteiger partial charge in [-0.05, 0) is 48.7 Å². The molecule has 0 bridgehead atoms. The maximum atomic E-state index is 13.3. The Morgan fingerprint density at radius 1 is 1.17 bits per heavy atom. The Morgan fingerprint density at radius 3 is 2.60 bits per heavy atom. The number of rotatable bonds is 6. The minimum atomic E-state index is -1.77. The van der Waals surface area contributed by atoms with Gasteiger partial charge in [-0.25, -0.2) is 0 Å². The summed E-state index contributed by atoms with van der Waals surface area (Å²) in [5, 5.41) is 22.4. The number of hydrogen-bond donors (Lipinski definition) is 3. The van der Waals surface area contributed by atoms with Crippen LogP contribution in [0.25, 0.3) is 0 Å². The van der Waals surface area contributed by atoms with E-state index in [9.17, 15) is 19.5 Å². The molecule has 4 rings (SSSR count). The third-order valence-corrected chi connectivity index (χ3v) is 6.18. The summed E-state index contributed by atoms with van der Waals surface area (Å²) in [6.45, 7) is 1.00. The number of nitrogens with one attached hydrogen (secondary N) is 1. The Morgan fingerprint density at radius 2 is 1.91 bits per heavy atom. The predicted molar refractivity (Wildman–Crippen MR) is 128 cm³/mol. The van der Waals surface area contributed by atoms with Crippen LogP contribution in [0.1, 0.15) is 30.4 Å². The highest BCUT2D eigenvalue weighted by atomic mass is 16.5. The third-order valence-electron chi connectivity index (χ3n) is 6.18. The first-order chi connectivity index (χ1) is 16.9. The smallest absolute Gasteiger partial charge is 0.259 e. The Balaban J connectivity index is 1.52. The van der Waals surface area contributed by atoms with Gasteiger partial charge in [-0.2, -0.15) is 5.26 Å². The van der Waals surface area contributed by atoms with E-state index in [1.807, 2.05) is 6.07 Å². The quantitative estimate of drug-likeness (QED) is 0.567. The van der Waals surface area contributed by atoms with Crippen molar-refractivity contribution in [2.75, 3.05) is 34.8 Å². The van der Waals surface area contributed by atoms with Crippen molar-refractivity contribution in [1.29, 1.82) is 5.26 Å². The van der Waals surface area contributed by atoms with Crippen LogP contribution in [0.4, 0.5) is 17.1 Å². The van der Waals surface area contributed by atoms with E-state index >= 15 is 0 Å². The molecule has 2 fully saturated rings. The van der Waals surface area contributed by atoms with Crippen molar-refractivity contribution in [3.05, 3.63) is 53.6 Å². The second-order valence-corrected chi connectivity index (χ2v) is 8.39. The second kappa shape index (κ2) is 10.7. The summed E-state index contributed by atoms with van der Waals surface area (Å²) in [7, 11) is 0. The molecule has 0 unspecified atom stereocenters. The van der Waals surface area contributed by atoms with E-state index in [0.717, 1.165) is 12.8 Å². The third kappa shape index (κ3) is 5.02. The van der Waals surface area contributed by atoms with Gasteiger partial charge in [0.05, 0.1) is 29.6 Å². The standard InChI is InChI=1S/C25H27N5O5/c26-14-16-8-9-18(13-17(16)15-27)28-24(33)22(32)23-25(34)30(11-12-35-23)20-6-2-1-5-19(20)29-10-4-3-7-21(29)31/h1-2,5-6,8-9,13,22-23,32H,3-4,7,10-12,15,27H2,(H,28,33)/t22-,23-/m1/s1. The van der Waals surface area contributed by atoms with E-state index < -0.39 is 24.0 Å². The summed E-state index contributed by atoms with van der Waals surface area (Å²) in [5.41, 5.74) is 8.08. The Bertz CT molecular complexity index is 1180. The van der Waals surface area contributed by atoms with Gasteiger partial charge in [0.15, 0.2) is 12.2 Å². The molecule has 0 radical (unpaired) electrons. The van der Waals surface area contributed by atoms with Crippen LogP contribution in [0, 0.1) is 11.3 Å². The lowest BCUT2D eigenvalue weighted by Crippen LogP contribution is -2.55. The molecule has 35 heavy (non-hydrogen) atoms. The molecule has 2 aromatic rings. The number of nitrogens with zero attached hydrogens (tertiary/aromatic N) is 3. The van der Waals surface area contributed by atoms with Crippen LogP contribution in [-0.4, -0.2) is 54.7 Å². The van der Waals surface area contributed by atoms with Crippen molar-refractivity contribution in [1.82, 2.24) is 0 Å². The number of hydrogen-bond acceptors (Lipinski definition) is 7. The number of para-hydroxylation sites is 2. The molecule has 2 aliphatic heterocycles. The van der Waals surface area contributed by atoms with Gasteiger partial charge < -0.3 is 30.7 Å². The highest BCUT2D eigenvalue weighted by Gasteiger charge is 2.40. The summed E-state index contributed by atoms with van der Waals surface area (Å²) < 4.78 is 5.50. The average Bonchev–Trinajstić information content (AvgIpc) is 2.88. The summed E-state index contributed by atoms with van der Waals surface area (Å²) in [4.78, 5) is 41.7. The topological polar surface area (TPSA) is 149 Å². The van der Waals surface area contributed by atoms with Crippen LogP contribution in [0.3, 0.4) is 0 Å². The number of aliphatic hydroxyl groups is 1. The summed E-state index contributed by atoms with van der Waals surface area (Å²) in [6, 6.07) is 13.7. The van der Waals surface area contributed by atoms with E-state index in [1.165, 1.54) is 17.0 Å². The molecule has 0 saturated carbocycles. The fourth-order valence-electron chi connectivity index (χ4n) is 4.36. The molecule has 2 aromatic carbocycles. The normalized spacial score (nSPS) is 19.3. The number of carbonyl (C=O) groups excluding carboxylic acids is 3. The molecule has 182 valence electrons. The number of piperidine rings is 1. The number of carbonyl (C=O) groups is 3. The number of benzene rings is 2. The first-order valence-electron chi connectivity index (χ1n) is 11.5. The van der Waals surface area contributed by atoms with Crippen LogP contribution in [-0.2, 0) is 25.7 Å². The van der Waals surface area contributed by atoms with Gasteiger partial charge in [0.2, 0.25) is 5.91 Å². The van der Waals surface area contributed by atoms with Crippen LogP contribution in [0.2, 0.25) is 0 Å². The minimum absolute atomic E-state index is 0.000337. The Hall–Kier alpha value is -3.78. The fraction of sp³-hybridized carbons (Fsp3) is 0.360. The highest BCUT2D eigenvalue weighted by molar-refractivity contribution is 6.07. The zero-order valence-electron chi connectivity index (χ0n) is 19.1. The molecule has 3 amide bonds. The number of nitriles is 1. The largest absolute Gasteiger partial charge is 0.380 e. The first-order valence-corrected chi connectivity index (χ1v) is 11.5. The molecular formula is C25H27N5O5. The minimum Gasteiger partial charge on any atom is -0.380 e. The van der Waals surface area contributed by atoms with Crippen molar-refractivity contribution in [2.45, 2.75) is 38.0 Å². The molecule has 0 aromatic heterocycles. The lowest BCUT2D eigenvalue weighted by Gasteiger charge is -2.37. The predicted octanol–water partition coefficient (Wildman–Crippen LogP) is 1.27. The van der Waals surface area contributed by atoms with Gasteiger partial charge in [0.1, 0.15) is 0 Å². The molecular weight excluding hydrogens is 450 g/mol. The molecule has 10 heteroatoms. The van der Waals surface area contributed by atoms with E-state index in [2.05, 4.69) is 5.32 Å². The molecule has 2 atom stereocenters. The fourth-order valence-corrected chi connectivity index (χ4v) is 4.36. The van der Waals surface area contributed by atoms with Gasteiger partial charge in [-0.3, -0.25) is 14.4 Å². The van der Waals surface area contributed by atoms with Gasteiger partial charge >= 0.3 is 0 Å². The van der Waals surface area contributed by atoms with Crippen LogP contribution >= 0.6 is 0 Å². The lowest BCUT2D eigenvalue weighted by atomic mass is 10.1. The Labute approximate surface area is 202 Å². The zero-order valence-corrected chi connectivity index (χ0v) is 19.1. The van der Waals surface area contributed by atoms with Crippen LogP contribution in [0.15, 0.2) is 42.5 Å². The monoisotopic (exact) mass is 477 g/mol. The van der Waals surface area contributed by atoms with Gasteiger partial charge in [-0.1, -0.05) is 12.1 Å². The average molecular weight is 478 g/mol. The number of ether oxygens (including phenoxy) is 1. The van der Waals surface area contributed by atoms with Crippen LogP contribution in [0.5, 0.6) is 0 Å². The lowest BCUT2D eigenvalue weighted by molar-refractivity contribution is -0.150. The number of morpholine rings is 1. The molecule has 10 nitrogen and oxygen atoms in total. The summed E-state index contributed by atoms with van der Waals surface area (Å²) in [6.07, 6.45) is -1.02. The SMILES string of the molecule is N#Cc1ccc(NC(=O)[C@H](O)[C@H]2OCCN(c3ccccc3N3CCCCC3=O)C2=O)cc1CN. The number of aliphatic hydroxyl groups excluding tert-OH is 1. The first kappa shape index (κ1) is 24.3. The molecule has 4 N–H and O–H groups in total. The van der Waals surface area contributed by atoms with E-state index in [4.69, 9.17) is 15.7 Å². The van der Waals surface area contributed by atoms with Crippen molar-refractivity contribution in [3.8, 4) is 6.07 Å². The number of anilines is 3. The van der Waals surface area contributed by atoms with Gasteiger partial charge in [-0.15, -0.1) is 0 Å². The zero-order chi connectivity index (χ0) is 24.9. The van der Waals surface area contributed by atoms with Crippen molar-refractivity contribution in [2.24, 2.45) is 5.73 Å². The van der Waals surface area contributed by atoms with Crippen LogP contribution < -0.4 is 20.9 Å². The van der Waals surface area contributed by atoms with E-state index in [0.29, 0.717) is 41.2 Å². The molecule has 0 aliphatic carbocycles. The molecule has 2 heterocycles. The summed E-state index contributed by atoms with van der Waals surface area (Å²) >= 11 is 0. The van der Waals surface area contributed by atoms with Gasteiger partial charge in [0.25, 0.3) is 11.8 Å². The summed E-state index contributed by atoms with van der Waals surface area (Å²) in [5.74, 6) is -1.39. The maximum Gasteiger partial charge on any atom is 0.259 e. The molecule has 2 saturated heterocycles. The number of amides is 3. The van der Waals surface area contributed by atoms with Crippen molar-refractivity contribution < 1.29 is 24.2 Å². The highest BCUT2D eigenvalue weighted by Crippen LogP contribution is 2.33. The van der Waals surface area contributed by atoms with E-state index in [1.54, 1.807) is 35.2 Å². The Kier molecular flexibility index (Phi) is 7.41. The maximum absolute atomic E-state index is 13.3. The van der Waals surface area contributed by atoms with Gasteiger partial charge in [0, 0.05) is 31.7 Å².